The van der Waals surface area contributed by atoms with Crippen LogP contribution in [-0.4, -0.2) is 9.13 Å². The minimum atomic E-state index is 0.488. The molecule has 0 aliphatic heterocycles. The summed E-state index contributed by atoms with van der Waals surface area (Å²) >= 11 is 0. The highest BCUT2D eigenvalue weighted by Gasteiger charge is 2.19. The van der Waals surface area contributed by atoms with E-state index in [1.165, 1.54) is 21.5 Å². The lowest BCUT2D eigenvalue weighted by molar-refractivity contribution is 1.18. The Morgan fingerprint density at radius 3 is 1.57 bits per heavy atom. The van der Waals surface area contributed by atoms with Crippen molar-refractivity contribution in [3.63, 3.8) is 0 Å². The summed E-state index contributed by atoms with van der Waals surface area (Å²) in [6.45, 7) is 0. The number of rotatable bonds is 3. The van der Waals surface area contributed by atoms with Crippen LogP contribution in [0.1, 0.15) is 11.1 Å². The van der Waals surface area contributed by atoms with E-state index in [4.69, 9.17) is 0 Å². The molecule has 0 fully saturated rings. The van der Waals surface area contributed by atoms with Crippen molar-refractivity contribution in [3.05, 3.63) is 157 Å². The van der Waals surface area contributed by atoms with E-state index in [9.17, 15) is 10.5 Å². The third-order valence-electron chi connectivity index (χ3n) is 9.16. The zero-order valence-electron chi connectivity index (χ0n) is 24.6. The summed E-state index contributed by atoms with van der Waals surface area (Å²) in [6.07, 6.45) is 0. The maximum absolute atomic E-state index is 9.89. The van der Waals surface area contributed by atoms with E-state index in [0.717, 1.165) is 49.8 Å². The average Bonchev–Trinajstić information content (AvgIpc) is 3.62. The van der Waals surface area contributed by atoms with Gasteiger partial charge in [0.2, 0.25) is 0 Å². The van der Waals surface area contributed by atoms with Crippen LogP contribution in [0.15, 0.2) is 146 Å². The van der Waals surface area contributed by atoms with Crippen LogP contribution in [0.5, 0.6) is 0 Å². The highest BCUT2D eigenvalue weighted by Crippen LogP contribution is 2.40. The van der Waals surface area contributed by atoms with Crippen LogP contribution in [0.25, 0.3) is 76.9 Å². The van der Waals surface area contributed by atoms with Gasteiger partial charge in [-0.25, -0.2) is 0 Å². The predicted molar refractivity (Wildman–Crippen MR) is 187 cm³/mol. The molecular formula is C42H24N4. The van der Waals surface area contributed by atoms with Crippen LogP contribution in [0.3, 0.4) is 0 Å². The number of nitrogens with zero attached hydrogens (tertiary/aromatic N) is 4. The Morgan fingerprint density at radius 1 is 0.391 bits per heavy atom. The zero-order valence-corrected chi connectivity index (χ0v) is 24.6. The average molecular weight is 585 g/mol. The molecule has 4 heteroatoms. The first-order valence-electron chi connectivity index (χ1n) is 15.2. The van der Waals surface area contributed by atoms with Gasteiger partial charge in [0.05, 0.1) is 45.3 Å². The fraction of sp³-hybridized carbons (Fsp3) is 0. The molecule has 0 unspecified atom stereocenters. The smallest absolute Gasteiger partial charge is 0.0998 e. The van der Waals surface area contributed by atoms with Gasteiger partial charge < -0.3 is 9.13 Å². The molecule has 0 saturated heterocycles. The topological polar surface area (TPSA) is 57.4 Å². The lowest BCUT2D eigenvalue weighted by Crippen LogP contribution is -1.96. The number of hydrogen-bond donors (Lipinski definition) is 0. The van der Waals surface area contributed by atoms with Crippen LogP contribution < -0.4 is 0 Å². The van der Waals surface area contributed by atoms with E-state index in [0.29, 0.717) is 16.7 Å². The molecule has 9 rings (SSSR count). The molecule has 0 aliphatic rings. The first kappa shape index (κ1) is 25.8. The van der Waals surface area contributed by atoms with E-state index in [1.54, 1.807) is 18.2 Å². The maximum atomic E-state index is 9.89. The zero-order chi connectivity index (χ0) is 30.8. The summed E-state index contributed by atoms with van der Waals surface area (Å²) < 4.78 is 4.68. The van der Waals surface area contributed by atoms with Crippen molar-refractivity contribution in [2.24, 2.45) is 0 Å². The molecular weight excluding hydrogens is 560 g/mol. The molecule has 0 N–H and O–H groups in total. The third-order valence-corrected chi connectivity index (χ3v) is 9.16. The maximum Gasteiger partial charge on any atom is 0.0998 e. The van der Waals surface area contributed by atoms with Gasteiger partial charge in [-0.3, -0.25) is 0 Å². The summed E-state index contributed by atoms with van der Waals surface area (Å²) in [4.78, 5) is 0. The molecule has 212 valence electrons. The molecule has 0 spiro atoms. The predicted octanol–water partition coefficient (Wildman–Crippen LogP) is 10.4. The van der Waals surface area contributed by atoms with Gasteiger partial charge in [0.15, 0.2) is 0 Å². The monoisotopic (exact) mass is 584 g/mol. The normalized spacial score (nSPS) is 11.4. The fourth-order valence-electron chi connectivity index (χ4n) is 7.15. The quantitative estimate of drug-likeness (QED) is 0.207. The van der Waals surface area contributed by atoms with Crippen LogP contribution >= 0.6 is 0 Å². The third kappa shape index (κ3) is 3.72. The van der Waals surface area contributed by atoms with Gasteiger partial charge in [-0.1, -0.05) is 84.9 Å². The highest BCUT2D eigenvalue weighted by molar-refractivity contribution is 6.19. The lowest BCUT2D eigenvalue weighted by atomic mass is 9.95. The summed E-state index contributed by atoms with van der Waals surface area (Å²) in [5.74, 6) is 0. The van der Waals surface area contributed by atoms with Crippen molar-refractivity contribution >= 4 is 54.4 Å². The Kier molecular flexibility index (Phi) is 5.59. The molecule has 9 aromatic rings. The van der Waals surface area contributed by atoms with Crippen LogP contribution in [-0.2, 0) is 0 Å². The lowest BCUT2D eigenvalue weighted by Gasteiger charge is -2.12. The largest absolute Gasteiger partial charge is 0.309 e. The number of para-hydroxylation sites is 2. The Morgan fingerprint density at radius 2 is 0.935 bits per heavy atom. The minimum Gasteiger partial charge on any atom is -0.309 e. The standard InChI is InChI=1S/C42H24N4/c43-25-30-12-7-13-31(26-44)42(30)29-11-8-14-32(22-29)45-38-17-5-3-15-34(38)36-24-41-37(23-40(36)45)35-16-4-6-18-39(35)46(41)33-20-19-27-9-1-2-10-28(27)21-33/h1-24H. The van der Waals surface area contributed by atoms with Gasteiger partial charge in [0, 0.05) is 38.5 Å². The number of hydrogen-bond acceptors (Lipinski definition) is 2. The molecule has 0 amide bonds. The molecule has 0 atom stereocenters. The van der Waals surface area contributed by atoms with E-state index in [2.05, 4.69) is 137 Å². The fourth-order valence-corrected chi connectivity index (χ4v) is 7.15. The number of aromatic nitrogens is 2. The van der Waals surface area contributed by atoms with E-state index in [-0.39, 0.29) is 0 Å². The Labute approximate surface area is 264 Å². The van der Waals surface area contributed by atoms with Crippen molar-refractivity contribution in [2.75, 3.05) is 0 Å². The number of fused-ring (bicyclic) bond motifs is 7. The first-order chi connectivity index (χ1) is 22.7. The Balaban J connectivity index is 1.36. The Bertz CT molecular complexity index is 2750. The van der Waals surface area contributed by atoms with Crippen molar-refractivity contribution < 1.29 is 0 Å². The number of benzene rings is 7. The van der Waals surface area contributed by atoms with Gasteiger partial charge >= 0.3 is 0 Å². The highest BCUT2D eigenvalue weighted by atomic mass is 15.0. The minimum absolute atomic E-state index is 0.488. The van der Waals surface area contributed by atoms with E-state index >= 15 is 0 Å². The van der Waals surface area contributed by atoms with Gasteiger partial charge in [-0.05, 0) is 77.0 Å². The van der Waals surface area contributed by atoms with Crippen molar-refractivity contribution in [3.8, 4) is 34.6 Å². The molecule has 0 aliphatic carbocycles. The molecule has 2 heterocycles. The summed E-state index contributed by atoms with van der Waals surface area (Å²) in [6, 6.07) is 55.0. The van der Waals surface area contributed by atoms with Gasteiger partial charge in [-0.2, -0.15) is 10.5 Å². The second-order valence-corrected chi connectivity index (χ2v) is 11.6. The SMILES string of the molecule is N#Cc1cccc(C#N)c1-c1cccc(-n2c3ccccc3c3cc4c(cc32)c2ccccc2n4-c2ccc3ccccc3c2)c1. The summed E-state index contributed by atoms with van der Waals surface area (Å²) in [5, 5.41) is 26.9. The van der Waals surface area contributed by atoms with Crippen molar-refractivity contribution in [1.29, 1.82) is 10.5 Å². The summed E-state index contributed by atoms with van der Waals surface area (Å²) in [7, 11) is 0. The van der Waals surface area contributed by atoms with Crippen LogP contribution in [0, 0.1) is 22.7 Å². The van der Waals surface area contributed by atoms with Crippen LogP contribution in [0.2, 0.25) is 0 Å². The van der Waals surface area contributed by atoms with E-state index in [1.807, 2.05) is 12.1 Å². The summed E-state index contributed by atoms with van der Waals surface area (Å²) in [5.41, 5.74) is 9.09. The second kappa shape index (κ2) is 9.96. The Hall–Kier alpha value is -6.62. The van der Waals surface area contributed by atoms with Gasteiger partial charge in [-0.15, -0.1) is 0 Å². The second-order valence-electron chi connectivity index (χ2n) is 11.6. The van der Waals surface area contributed by atoms with Gasteiger partial charge in [0.25, 0.3) is 0 Å². The van der Waals surface area contributed by atoms with Gasteiger partial charge in [0.1, 0.15) is 0 Å². The molecule has 0 saturated carbocycles. The van der Waals surface area contributed by atoms with E-state index < -0.39 is 0 Å². The molecule has 4 nitrogen and oxygen atoms in total. The van der Waals surface area contributed by atoms with Crippen LogP contribution in [0.4, 0.5) is 0 Å². The van der Waals surface area contributed by atoms with Crippen molar-refractivity contribution in [1.82, 2.24) is 9.13 Å². The molecule has 7 aromatic carbocycles. The molecule has 0 radical (unpaired) electrons. The molecule has 46 heavy (non-hydrogen) atoms. The molecule has 0 bridgehead atoms. The molecule has 2 aromatic heterocycles. The number of nitriles is 2. The first-order valence-corrected chi connectivity index (χ1v) is 15.2. The van der Waals surface area contributed by atoms with Crippen molar-refractivity contribution in [2.45, 2.75) is 0 Å².